The van der Waals surface area contributed by atoms with E-state index < -0.39 is 0 Å². The van der Waals surface area contributed by atoms with Crippen molar-refractivity contribution >= 4 is 11.3 Å². The Morgan fingerprint density at radius 1 is 1.36 bits per heavy atom. The molecule has 0 aliphatic carbocycles. The lowest BCUT2D eigenvalue weighted by atomic mass is 10.1. The molecule has 4 nitrogen and oxygen atoms in total. The molecule has 0 bridgehead atoms. The van der Waals surface area contributed by atoms with Crippen LogP contribution in [0.5, 0.6) is 5.88 Å². The maximum absolute atomic E-state index is 6.07. The number of aryl methyl sites for hydroxylation is 2. The van der Waals surface area contributed by atoms with E-state index in [1.165, 1.54) is 11.1 Å². The molecule has 2 aromatic rings. The minimum absolute atomic E-state index is 0.190. The summed E-state index contributed by atoms with van der Waals surface area (Å²) in [6.45, 7) is 9.23. The molecule has 3 rings (SSSR count). The van der Waals surface area contributed by atoms with Gasteiger partial charge in [0.05, 0.1) is 0 Å². The van der Waals surface area contributed by atoms with Gasteiger partial charge in [-0.25, -0.2) is 4.98 Å². The van der Waals surface area contributed by atoms with Crippen LogP contribution in [0.25, 0.3) is 0 Å². The van der Waals surface area contributed by atoms with E-state index in [9.17, 15) is 0 Å². The Kier molecular flexibility index (Phi) is 4.74. The molecular weight excluding hydrogens is 294 g/mol. The van der Waals surface area contributed by atoms with Gasteiger partial charge in [0, 0.05) is 30.8 Å². The first kappa shape index (κ1) is 15.4. The fourth-order valence-electron chi connectivity index (χ4n) is 3.05. The van der Waals surface area contributed by atoms with Gasteiger partial charge in [0.2, 0.25) is 5.88 Å². The van der Waals surface area contributed by atoms with E-state index in [4.69, 9.17) is 4.74 Å². The first-order valence-electron chi connectivity index (χ1n) is 7.90. The summed E-state index contributed by atoms with van der Waals surface area (Å²) in [5.41, 5.74) is 3.63. The van der Waals surface area contributed by atoms with Crippen molar-refractivity contribution in [2.24, 2.45) is 0 Å². The van der Waals surface area contributed by atoms with Crippen molar-refractivity contribution in [3.63, 3.8) is 0 Å². The van der Waals surface area contributed by atoms with E-state index in [0.29, 0.717) is 0 Å². The summed E-state index contributed by atoms with van der Waals surface area (Å²) in [4.78, 5) is 11.4. The molecule has 0 spiro atoms. The Labute approximate surface area is 136 Å². The first-order chi connectivity index (χ1) is 10.7. The van der Waals surface area contributed by atoms with Gasteiger partial charge in [-0.2, -0.15) is 16.3 Å². The summed E-state index contributed by atoms with van der Waals surface area (Å²) in [7, 11) is 0. The fourth-order valence-corrected chi connectivity index (χ4v) is 3.71. The summed E-state index contributed by atoms with van der Waals surface area (Å²) in [5.74, 6) is 1.59. The van der Waals surface area contributed by atoms with Crippen LogP contribution in [-0.4, -0.2) is 34.1 Å². The van der Waals surface area contributed by atoms with E-state index in [-0.39, 0.29) is 6.10 Å². The van der Waals surface area contributed by atoms with Crippen molar-refractivity contribution in [2.75, 3.05) is 13.1 Å². The van der Waals surface area contributed by atoms with E-state index in [0.717, 1.165) is 49.9 Å². The molecule has 2 aromatic heterocycles. The van der Waals surface area contributed by atoms with Crippen LogP contribution in [0.3, 0.4) is 0 Å². The van der Waals surface area contributed by atoms with Gasteiger partial charge in [0.15, 0.2) is 0 Å². The number of aromatic nitrogens is 2. The quantitative estimate of drug-likeness (QED) is 0.819. The summed E-state index contributed by atoms with van der Waals surface area (Å²) < 4.78 is 6.07. The van der Waals surface area contributed by atoms with Gasteiger partial charge in [-0.1, -0.05) is 6.92 Å². The number of fused-ring (bicyclic) bond motifs is 1. The molecule has 1 aliphatic heterocycles. The van der Waals surface area contributed by atoms with Crippen LogP contribution in [0.4, 0.5) is 0 Å². The molecule has 0 fully saturated rings. The highest BCUT2D eigenvalue weighted by Crippen LogP contribution is 2.29. The van der Waals surface area contributed by atoms with Crippen molar-refractivity contribution in [3.8, 4) is 5.88 Å². The normalized spacial score (nSPS) is 16.8. The number of ether oxygens (including phenoxy) is 1. The zero-order chi connectivity index (χ0) is 15.5. The van der Waals surface area contributed by atoms with E-state index in [1.54, 1.807) is 11.3 Å². The lowest BCUT2D eigenvalue weighted by Gasteiger charge is -2.24. The zero-order valence-corrected chi connectivity index (χ0v) is 14.3. The van der Waals surface area contributed by atoms with Crippen molar-refractivity contribution in [2.45, 2.75) is 46.3 Å². The number of hydrogen-bond acceptors (Lipinski definition) is 5. The molecule has 0 saturated heterocycles. The van der Waals surface area contributed by atoms with Crippen molar-refractivity contribution in [1.82, 2.24) is 14.9 Å². The topological polar surface area (TPSA) is 38.2 Å². The predicted octanol–water partition coefficient (Wildman–Crippen LogP) is 3.37. The van der Waals surface area contributed by atoms with Crippen LogP contribution in [-0.2, 0) is 13.0 Å². The molecule has 1 unspecified atom stereocenters. The highest BCUT2D eigenvalue weighted by Gasteiger charge is 2.28. The summed E-state index contributed by atoms with van der Waals surface area (Å²) >= 11 is 1.76. The van der Waals surface area contributed by atoms with Crippen LogP contribution in [0.15, 0.2) is 16.8 Å². The second-order valence-electron chi connectivity index (χ2n) is 5.95. The lowest BCUT2D eigenvalue weighted by Crippen LogP contribution is -2.35. The molecular formula is C17H23N3OS. The predicted molar refractivity (Wildman–Crippen MR) is 89.5 cm³/mol. The third-order valence-corrected chi connectivity index (χ3v) is 4.72. The monoisotopic (exact) mass is 317 g/mol. The van der Waals surface area contributed by atoms with Gasteiger partial charge in [-0.15, -0.1) is 0 Å². The van der Waals surface area contributed by atoms with Crippen LogP contribution >= 0.6 is 11.3 Å². The van der Waals surface area contributed by atoms with Crippen LogP contribution < -0.4 is 4.74 Å². The summed E-state index contributed by atoms with van der Waals surface area (Å²) in [6.07, 6.45) is 2.27. The summed E-state index contributed by atoms with van der Waals surface area (Å²) in [6, 6.07) is 2.20. The number of hydrogen-bond donors (Lipinski definition) is 0. The SMILES string of the molecule is CCCN(Cc1ccsc1)CC1Cc2c(C)nc(C)nc2O1. The van der Waals surface area contributed by atoms with Gasteiger partial charge < -0.3 is 4.74 Å². The first-order valence-corrected chi connectivity index (χ1v) is 8.84. The minimum atomic E-state index is 0.190. The van der Waals surface area contributed by atoms with E-state index >= 15 is 0 Å². The smallest absolute Gasteiger partial charge is 0.220 e. The molecule has 22 heavy (non-hydrogen) atoms. The maximum Gasteiger partial charge on any atom is 0.220 e. The Bertz CT molecular complexity index is 627. The van der Waals surface area contributed by atoms with E-state index in [2.05, 4.69) is 45.5 Å². The molecule has 118 valence electrons. The molecule has 0 radical (unpaired) electrons. The maximum atomic E-state index is 6.07. The van der Waals surface area contributed by atoms with Crippen LogP contribution in [0, 0.1) is 13.8 Å². The third kappa shape index (κ3) is 3.47. The second-order valence-corrected chi connectivity index (χ2v) is 6.73. The van der Waals surface area contributed by atoms with Crippen molar-refractivity contribution in [1.29, 1.82) is 0 Å². The van der Waals surface area contributed by atoms with Crippen LogP contribution in [0.2, 0.25) is 0 Å². The average Bonchev–Trinajstić information content (AvgIpc) is 3.08. The van der Waals surface area contributed by atoms with Gasteiger partial charge in [-0.05, 0) is 49.2 Å². The minimum Gasteiger partial charge on any atom is -0.472 e. The molecule has 0 saturated carbocycles. The summed E-state index contributed by atoms with van der Waals surface area (Å²) in [5, 5.41) is 4.37. The van der Waals surface area contributed by atoms with Crippen molar-refractivity contribution < 1.29 is 4.74 Å². The van der Waals surface area contributed by atoms with Crippen LogP contribution in [0.1, 0.15) is 36.0 Å². The molecule has 1 aliphatic rings. The number of rotatable bonds is 6. The van der Waals surface area contributed by atoms with Gasteiger partial charge in [0.1, 0.15) is 11.9 Å². The molecule has 5 heteroatoms. The Morgan fingerprint density at radius 3 is 2.95 bits per heavy atom. The van der Waals surface area contributed by atoms with Gasteiger partial charge in [-0.3, -0.25) is 4.90 Å². The zero-order valence-electron chi connectivity index (χ0n) is 13.5. The fraction of sp³-hybridized carbons (Fsp3) is 0.529. The second kappa shape index (κ2) is 6.75. The molecule has 0 N–H and O–H groups in total. The average molecular weight is 317 g/mol. The molecule has 1 atom stereocenters. The molecule has 3 heterocycles. The number of thiophene rings is 1. The highest BCUT2D eigenvalue weighted by atomic mass is 32.1. The van der Waals surface area contributed by atoms with Gasteiger partial charge in [0.25, 0.3) is 0 Å². The molecule has 0 amide bonds. The lowest BCUT2D eigenvalue weighted by molar-refractivity contribution is 0.142. The van der Waals surface area contributed by atoms with Gasteiger partial charge >= 0.3 is 0 Å². The Morgan fingerprint density at radius 2 is 2.23 bits per heavy atom. The van der Waals surface area contributed by atoms with E-state index in [1.807, 2.05) is 6.92 Å². The highest BCUT2D eigenvalue weighted by molar-refractivity contribution is 7.07. The van der Waals surface area contributed by atoms with Crippen molar-refractivity contribution in [3.05, 3.63) is 39.5 Å². The number of nitrogens with zero attached hydrogens (tertiary/aromatic N) is 3. The third-order valence-electron chi connectivity index (χ3n) is 3.99. The standard InChI is InChI=1S/C17H23N3OS/c1-4-6-20(9-14-5-7-22-11-14)10-15-8-16-12(2)18-13(3)19-17(16)21-15/h5,7,11,15H,4,6,8-10H2,1-3H3. The largest absolute Gasteiger partial charge is 0.472 e. The Balaban J connectivity index is 1.66. The molecule has 0 aromatic carbocycles. The Hall–Kier alpha value is -1.46.